The number of amides is 2. The number of nitrogen functional groups attached to an aromatic ring is 1. The Labute approximate surface area is 222 Å². The quantitative estimate of drug-likeness (QED) is 0.390. The van der Waals surface area contributed by atoms with Crippen molar-refractivity contribution < 1.29 is 14.3 Å². The number of nitrogens with one attached hydrogen (secondary N) is 2. The normalized spacial score (nSPS) is 20.2. The molecule has 2 aromatic heterocycles. The van der Waals surface area contributed by atoms with Gasteiger partial charge in [0.15, 0.2) is 0 Å². The van der Waals surface area contributed by atoms with Crippen LogP contribution >= 0.6 is 0 Å². The number of nitrogens with zero attached hydrogens (tertiary/aromatic N) is 4. The number of ether oxygens (including phenoxy) is 2. The molecule has 2 aromatic rings. The average molecular weight is 524 g/mol. The van der Waals surface area contributed by atoms with Gasteiger partial charge < -0.3 is 34.9 Å². The number of carbonyl (C=O) groups excluding carboxylic acids is 1. The zero-order valence-corrected chi connectivity index (χ0v) is 22.1. The fourth-order valence-electron chi connectivity index (χ4n) is 5.38. The Morgan fingerprint density at radius 3 is 2.66 bits per heavy atom. The lowest BCUT2D eigenvalue weighted by atomic mass is 10.0. The number of methoxy groups -OCH3 is 1. The van der Waals surface area contributed by atoms with E-state index in [0.29, 0.717) is 23.8 Å². The van der Waals surface area contributed by atoms with Crippen molar-refractivity contribution in [3.63, 3.8) is 0 Å². The SMILES string of the molecule is COC(=N)c1cc(N2CCC(N(C)C(=O)Nc3cc(C4CC4)cn([C@H]4CCCOC4)c3=O)CC2)cnc1N. The third kappa shape index (κ3) is 5.47. The number of hydrogen-bond donors (Lipinski definition) is 3. The molecule has 4 N–H and O–H groups in total. The Kier molecular flexibility index (Phi) is 7.55. The highest BCUT2D eigenvalue weighted by Crippen LogP contribution is 2.40. The maximum Gasteiger partial charge on any atom is 0.321 e. The molecule has 1 aliphatic carbocycles. The molecular weight excluding hydrogens is 486 g/mol. The Morgan fingerprint density at radius 2 is 2.00 bits per heavy atom. The summed E-state index contributed by atoms with van der Waals surface area (Å²) in [6, 6.07) is 3.44. The smallest absolute Gasteiger partial charge is 0.321 e. The van der Waals surface area contributed by atoms with Gasteiger partial charge in [-0.3, -0.25) is 10.2 Å². The van der Waals surface area contributed by atoms with Crippen molar-refractivity contribution in [2.75, 3.05) is 56.4 Å². The summed E-state index contributed by atoms with van der Waals surface area (Å²) < 4.78 is 12.4. The maximum absolute atomic E-state index is 13.3. The molecule has 0 bridgehead atoms. The van der Waals surface area contributed by atoms with Gasteiger partial charge >= 0.3 is 6.03 Å². The van der Waals surface area contributed by atoms with E-state index in [1.165, 1.54) is 7.11 Å². The summed E-state index contributed by atoms with van der Waals surface area (Å²) in [6.07, 6.45) is 9.25. The average Bonchev–Trinajstić information content (AvgIpc) is 3.80. The van der Waals surface area contributed by atoms with E-state index in [2.05, 4.69) is 15.2 Å². The van der Waals surface area contributed by atoms with E-state index in [0.717, 1.165) is 69.5 Å². The van der Waals surface area contributed by atoms with Crippen molar-refractivity contribution in [3.8, 4) is 0 Å². The van der Waals surface area contributed by atoms with Crippen LogP contribution < -0.4 is 21.5 Å². The minimum absolute atomic E-state index is 0.00335. The van der Waals surface area contributed by atoms with Gasteiger partial charge in [0.05, 0.1) is 37.2 Å². The number of carbonyl (C=O) groups is 1. The third-order valence-electron chi connectivity index (χ3n) is 7.93. The highest BCUT2D eigenvalue weighted by Gasteiger charge is 2.30. The van der Waals surface area contributed by atoms with Crippen molar-refractivity contribution in [1.82, 2.24) is 14.5 Å². The van der Waals surface area contributed by atoms with Crippen molar-refractivity contribution >= 4 is 29.1 Å². The van der Waals surface area contributed by atoms with E-state index in [1.54, 1.807) is 22.7 Å². The number of piperidine rings is 1. The van der Waals surface area contributed by atoms with E-state index in [9.17, 15) is 9.59 Å². The minimum Gasteiger partial charge on any atom is -0.481 e. The monoisotopic (exact) mass is 523 g/mol. The lowest BCUT2D eigenvalue weighted by Gasteiger charge is -2.37. The standard InChI is InChI=1S/C27H37N7O4/c1-32(19-7-9-33(10-8-19)21-13-22(25(29)37-2)24(28)30-14-21)27(36)31-23-12-18(17-5-6-17)15-34(26(23)35)20-4-3-11-38-16-20/h12-15,17,19-20,29H,3-11,16H2,1-2H3,(H2,28,30)(H,31,36)/t20-/m0/s1. The molecular formula is C27H37N7O4. The second kappa shape index (κ2) is 11.0. The van der Waals surface area contributed by atoms with Gasteiger partial charge in [-0.2, -0.15) is 0 Å². The summed E-state index contributed by atoms with van der Waals surface area (Å²) in [5, 5.41) is 10.9. The molecule has 1 saturated carbocycles. The molecule has 11 nitrogen and oxygen atoms in total. The van der Waals surface area contributed by atoms with E-state index < -0.39 is 0 Å². The van der Waals surface area contributed by atoms with Gasteiger partial charge in [0.25, 0.3) is 5.56 Å². The van der Waals surface area contributed by atoms with E-state index in [1.807, 2.05) is 18.3 Å². The molecule has 4 heterocycles. The number of aromatic nitrogens is 2. The Morgan fingerprint density at radius 1 is 1.24 bits per heavy atom. The molecule has 11 heteroatoms. The van der Waals surface area contributed by atoms with E-state index in [-0.39, 0.29) is 35.4 Å². The van der Waals surface area contributed by atoms with Crippen LogP contribution in [-0.2, 0) is 9.47 Å². The van der Waals surface area contributed by atoms with Crippen LogP contribution in [0.3, 0.4) is 0 Å². The summed E-state index contributed by atoms with van der Waals surface area (Å²) in [4.78, 5) is 34.7. The topological polar surface area (TPSA) is 139 Å². The summed E-state index contributed by atoms with van der Waals surface area (Å²) in [7, 11) is 3.22. The Hall–Kier alpha value is -3.60. The van der Waals surface area contributed by atoms with Crippen molar-refractivity contribution in [3.05, 3.63) is 46.0 Å². The molecule has 0 aromatic carbocycles. The molecule has 0 spiro atoms. The van der Waals surface area contributed by atoms with E-state index in [4.69, 9.17) is 20.6 Å². The van der Waals surface area contributed by atoms with Crippen LogP contribution in [0.5, 0.6) is 0 Å². The molecule has 1 atom stereocenters. The lowest BCUT2D eigenvalue weighted by Crippen LogP contribution is -2.47. The van der Waals surface area contributed by atoms with Gasteiger partial charge in [0, 0.05) is 39.0 Å². The van der Waals surface area contributed by atoms with Gasteiger partial charge in [-0.05, 0) is 62.1 Å². The molecule has 0 radical (unpaired) electrons. The summed E-state index contributed by atoms with van der Waals surface area (Å²) >= 11 is 0. The first kappa shape index (κ1) is 26.0. The van der Waals surface area contributed by atoms with Crippen LogP contribution in [0.4, 0.5) is 22.0 Å². The molecule has 2 amide bonds. The Bertz CT molecular complexity index is 1240. The predicted octanol–water partition coefficient (Wildman–Crippen LogP) is 3.16. The summed E-state index contributed by atoms with van der Waals surface area (Å²) in [5.74, 6) is 0.691. The molecule has 2 aliphatic heterocycles. The zero-order valence-electron chi connectivity index (χ0n) is 22.1. The first-order valence-corrected chi connectivity index (χ1v) is 13.4. The number of rotatable bonds is 6. The zero-order chi connectivity index (χ0) is 26.8. The largest absolute Gasteiger partial charge is 0.481 e. The second-order valence-corrected chi connectivity index (χ2v) is 10.5. The Balaban J connectivity index is 1.25. The van der Waals surface area contributed by atoms with Gasteiger partial charge in [-0.1, -0.05) is 0 Å². The van der Waals surface area contributed by atoms with Gasteiger partial charge in [0.1, 0.15) is 11.5 Å². The lowest BCUT2D eigenvalue weighted by molar-refractivity contribution is 0.0580. The molecule has 0 unspecified atom stereocenters. The maximum atomic E-state index is 13.3. The van der Waals surface area contributed by atoms with E-state index >= 15 is 0 Å². The van der Waals surface area contributed by atoms with Gasteiger partial charge in [-0.25, -0.2) is 9.78 Å². The molecule has 3 fully saturated rings. The first-order chi connectivity index (χ1) is 18.4. The highest BCUT2D eigenvalue weighted by atomic mass is 16.5. The molecule has 2 saturated heterocycles. The van der Waals surface area contributed by atoms with Crippen LogP contribution in [0.1, 0.15) is 61.6 Å². The summed E-state index contributed by atoms with van der Waals surface area (Å²) in [5.41, 5.74) is 8.52. The second-order valence-electron chi connectivity index (χ2n) is 10.5. The highest BCUT2D eigenvalue weighted by molar-refractivity contribution is 5.96. The number of pyridine rings is 2. The molecule has 5 rings (SSSR count). The van der Waals surface area contributed by atoms with Gasteiger partial charge in [-0.15, -0.1) is 0 Å². The van der Waals surface area contributed by atoms with Gasteiger partial charge in [0.2, 0.25) is 5.90 Å². The van der Waals surface area contributed by atoms with Crippen LogP contribution in [-0.4, -0.2) is 72.9 Å². The number of hydrogen-bond acceptors (Lipinski definition) is 8. The fourth-order valence-corrected chi connectivity index (χ4v) is 5.38. The van der Waals surface area contributed by atoms with Crippen LogP contribution in [0.25, 0.3) is 0 Å². The van der Waals surface area contributed by atoms with Crippen molar-refractivity contribution in [2.24, 2.45) is 0 Å². The van der Waals surface area contributed by atoms with Crippen molar-refractivity contribution in [2.45, 2.75) is 56.5 Å². The third-order valence-corrected chi connectivity index (χ3v) is 7.93. The molecule has 204 valence electrons. The number of urea groups is 1. The van der Waals surface area contributed by atoms with Crippen LogP contribution in [0.15, 0.2) is 29.3 Å². The first-order valence-electron chi connectivity index (χ1n) is 13.4. The molecule has 38 heavy (non-hydrogen) atoms. The summed E-state index contributed by atoms with van der Waals surface area (Å²) in [6.45, 7) is 2.70. The predicted molar refractivity (Wildman–Crippen MR) is 146 cm³/mol. The van der Waals surface area contributed by atoms with Crippen molar-refractivity contribution in [1.29, 1.82) is 5.41 Å². The number of nitrogens with two attached hydrogens (primary N) is 1. The fraction of sp³-hybridized carbons (Fsp3) is 0.556. The minimum atomic E-state index is -0.273. The van der Waals surface area contributed by atoms with Crippen LogP contribution in [0, 0.1) is 5.41 Å². The van der Waals surface area contributed by atoms with Crippen LogP contribution in [0.2, 0.25) is 0 Å². The number of anilines is 3. The molecule has 3 aliphatic rings.